The lowest BCUT2D eigenvalue weighted by Crippen LogP contribution is -2.49. The van der Waals surface area contributed by atoms with Gasteiger partial charge in [0, 0.05) is 37.3 Å². The quantitative estimate of drug-likeness (QED) is 0.653. The minimum absolute atomic E-state index is 0.0634. The van der Waals surface area contributed by atoms with Crippen molar-refractivity contribution < 1.29 is 9.21 Å². The first-order valence-electron chi connectivity index (χ1n) is 9.13. The van der Waals surface area contributed by atoms with Gasteiger partial charge in [-0.15, -0.1) is 0 Å². The Bertz CT molecular complexity index is 1040. The van der Waals surface area contributed by atoms with Gasteiger partial charge in [-0.2, -0.15) is 0 Å². The summed E-state index contributed by atoms with van der Waals surface area (Å²) in [6.45, 7) is 2.09. The number of carbonyl (C=O) groups is 1. The van der Waals surface area contributed by atoms with E-state index in [9.17, 15) is 9.59 Å². The summed E-state index contributed by atoms with van der Waals surface area (Å²) in [6.07, 6.45) is 1.05. The molecule has 7 heteroatoms. The Morgan fingerprint density at radius 3 is 2.93 bits per heavy atom. The molecule has 2 aromatic heterocycles. The lowest BCUT2D eigenvalue weighted by atomic mass is 9.83. The number of aromatic nitrogens is 2. The molecular formula is C20H19N3O3S. The minimum atomic E-state index is 0.0634. The van der Waals surface area contributed by atoms with Crippen LogP contribution in [0.4, 0.5) is 0 Å². The van der Waals surface area contributed by atoms with E-state index in [1.165, 1.54) is 11.8 Å². The second kappa shape index (κ2) is 6.56. The predicted octanol–water partition coefficient (Wildman–Crippen LogP) is 2.73. The van der Waals surface area contributed by atoms with Crippen LogP contribution in [0.1, 0.15) is 18.0 Å². The van der Waals surface area contributed by atoms with E-state index in [-0.39, 0.29) is 17.4 Å². The number of thioether (sulfide) groups is 1. The maximum absolute atomic E-state index is 12.8. The van der Waals surface area contributed by atoms with E-state index < -0.39 is 0 Å². The van der Waals surface area contributed by atoms with Crippen LogP contribution in [0.3, 0.4) is 0 Å². The standard InChI is InChI=1S/C20H19N3O3S/c24-18-7-3-5-16-14-8-13(10-23(16)18)9-22(11-14)19(25)12-27-20-21-15-4-1-2-6-17(15)26-20/h1-7,13-14H,8-12H2/t13-,14+/m0/s1. The first-order chi connectivity index (χ1) is 13.2. The van der Waals surface area contributed by atoms with Gasteiger partial charge in [0.2, 0.25) is 5.91 Å². The van der Waals surface area contributed by atoms with Gasteiger partial charge >= 0.3 is 0 Å². The highest BCUT2D eigenvalue weighted by atomic mass is 32.2. The largest absolute Gasteiger partial charge is 0.431 e. The summed E-state index contributed by atoms with van der Waals surface area (Å²) in [6, 6.07) is 13.0. The lowest BCUT2D eigenvalue weighted by molar-refractivity contribution is -0.131. The van der Waals surface area contributed by atoms with Crippen LogP contribution < -0.4 is 5.56 Å². The van der Waals surface area contributed by atoms with Crippen LogP contribution >= 0.6 is 11.8 Å². The third-order valence-corrected chi connectivity index (χ3v) is 6.24. The van der Waals surface area contributed by atoms with Crippen molar-refractivity contribution in [1.82, 2.24) is 14.5 Å². The molecule has 0 saturated carbocycles. The molecule has 3 aromatic rings. The van der Waals surface area contributed by atoms with Crippen LogP contribution in [0.25, 0.3) is 11.1 Å². The SMILES string of the molecule is O=C(CSc1nc2ccccc2o1)N1C[C@@H]2C[C@H](C1)c1cccc(=O)n1C2. The van der Waals surface area contributed by atoms with Gasteiger partial charge in [0.15, 0.2) is 5.58 Å². The fraction of sp³-hybridized carbons (Fsp3) is 0.350. The van der Waals surface area contributed by atoms with Crippen LogP contribution in [0.2, 0.25) is 0 Å². The van der Waals surface area contributed by atoms with Gasteiger partial charge in [0.25, 0.3) is 10.8 Å². The third-order valence-electron chi connectivity index (χ3n) is 5.43. The molecule has 0 N–H and O–H groups in total. The second-order valence-corrected chi connectivity index (χ2v) is 8.16. The molecule has 1 amide bonds. The average Bonchev–Trinajstić information content (AvgIpc) is 3.10. The molecule has 2 aliphatic rings. The molecular weight excluding hydrogens is 362 g/mol. The van der Waals surface area contributed by atoms with Crippen molar-refractivity contribution in [2.75, 3.05) is 18.8 Å². The highest BCUT2D eigenvalue weighted by molar-refractivity contribution is 7.99. The van der Waals surface area contributed by atoms with E-state index in [2.05, 4.69) is 4.98 Å². The van der Waals surface area contributed by atoms with Crippen molar-refractivity contribution >= 4 is 28.8 Å². The molecule has 1 aromatic carbocycles. The number of fused-ring (bicyclic) bond motifs is 5. The van der Waals surface area contributed by atoms with E-state index in [0.717, 1.165) is 23.2 Å². The van der Waals surface area contributed by atoms with E-state index >= 15 is 0 Å². The first kappa shape index (κ1) is 16.6. The monoisotopic (exact) mass is 381 g/mol. The van der Waals surface area contributed by atoms with Crippen LogP contribution in [0.15, 0.2) is 56.9 Å². The number of pyridine rings is 1. The number of likely N-dealkylation sites (tertiary alicyclic amines) is 1. The Hall–Kier alpha value is -2.54. The predicted molar refractivity (Wildman–Crippen MR) is 103 cm³/mol. The molecule has 2 atom stereocenters. The maximum Gasteiger partial charge on any atom is 0.257 e. The van der Waals surface area contributed by atoms with Gasteiger partial charge in [-0.05, 0) is 30.5 Å². The number of hydrogen-bond donors (Lipinski definition) is 0. The Morgan fingerprint density at radius 2 is 2.04 bits per heavy atom. The molecule has 2 aliphatic heterocycles. The highest BCUT2D eigenvalue weighted by Crippen LogP contribution is 2.35. The van der Waals surface area contributed by atoms with E-state index in [1.807, 2.05) is 45.9 Å². The zero-order chi connectivity index (χ0) is 18.4. The number of benzene rings is 1. The van der Waals surface area contributed by atoms with Crippen LogP contribution in [0, 0.1) is 5.92 Å². The molecule has 6 nitrogen and oxygen atoms in total. The van der Waals surface area contributed by atoms with Gasteiger partial charge in [-0.1, -0.05) is 30.0 Å². The number of carbonyl (C=O) groups excluding carboxylic acids is 1. The van der Waals surface area contributed by atoms with Gasteiger partial charge < -0.3 is 13.9 Å². The zero-order valence-corrected chi connectivity index (χ0v) is 15.5. The summed E-state index contributed by atoms with van der Waals surface area (Å²) in [4.78, 5) is 31.2. The summed E-state index contributed by atoms with van der Waals surface area (Å²) in [5, 5.41) is 0.527. The smallest absolute Gasteiger partial charge is 0.257 e. The number of oxazole rings is 1. The van der Waals surface area contributed by atoms with Gasteiger partial charge in [0.1, 0.15) is 5.52 Å². The molecule has 0 radical (unpaired) electrons. The highest BCUT2D eigenvalue weighted by Gasteiger charge is 2.36. The molecule has 138 valence electrons. The average molecular weight is 381 g/mol. The second-order valence-electron chi connectivity index (χ2n) is 7.23. The van der Waals surface area contributed by atoms with E-state index in [4.69, 9.17) is 4.42 Å². The number of amides is 1. The molecule has 1 fully saturated rings. The molecule has 5 rings (SSSR count). The van der Waals surface area contributed by atoms with Crippen molar-refractivity contribution in [3.05, 3.63) is 58.5 Å². The van der Waals surface area contributed by atoms with Crippen LogP contribution in [0.5, 0.6) is 0 Å². The fourth-order valence-corrected chi connectivity index (χ4v) is 4.97. The number of nitrogens with zero attached hydrogens (tertiary/aromatic N) is 3. The molecule has 0 aliphatic carbocycles. The Morgan fingerprint density at radius 1 is 1.15 bits per heavy atom. The van der Waals surface area contributed by atoms with E-state index in [1.54, 1.807) is 6.07 Å². The van der Waals surface area contributed by atoms with Gasteiger partial charge in [-0.25, -0.2) is 4.98 Å². The van der Waals surface area contributed by atoms with Crippen LogP contribution in [-0.4, -0.2) is 39.2 Å². The molecule has 1 saturated heterocycles. The Labute approximate surface area is 160 Å². The number of para-hydroxylation sites is 2. The molecule has 4 heterocycles. The lowest BCUT2D eigenvalue weighted by Gasteiger charge is -2.42. The Balaban J connectivity index is 1.28. The van der Waals surface area contributed by atoms with E-state index in [0.29, 0.717) is 36.5 Å². The summed E-state index contributed by atoms with van der Waals surface area (Å²) >= 11 is 1.34. The number of piperidine rings is 1. The van der Waals surface area contributed by atoms with Crippen molar-refractivity contribution in [2.45, 2.75) is 24.1 Å². The zero-order valence-electron chi connectivity index (χ0n) is 14.7. The number of hydrogen-bond acceptors (Lipinski definition) is 5. The minimum Gasteiger partial charge on any atom is -0.431 e. The third kappa shape index (κ3) is 3.06. The summed E-state index contributed by atoms with van der Waals surface area (Å²) < 4.78 is 7.57. The van der Waals surface area contributed by atoms with Gasteiger partial charge in [0.05, 0.1) is 5.75 Å². The van der Waals surface area contributed by atoms with Crippen molar-refractivity contribution in [1.29, 1.82) is 0 Å². The Kier molecular flexibility index (Phi) is 4.04. The number of rotatable bonds is 3. The van der Waals surface area contributed by atoms with Crippen molar-refractivity contribution in [3.8, 4) is 0 Å². The normalized spacial score (nSPS) is 21.3. The fourth-order valence-electron chi connectivity index (χ4n) is 4.23. The molecule has 27 heavy (non-hydrogen) atoms. The molecule has 2 bridgehead atoms. The van der Waals surface area contributed by atoms with Crippen molar-refractivity contribution in [2.24, 2.45) is 5.92 Å². The summed E-state index contributed by atoms with van der Waals surface area (Å²) in [5.74, 6) is 0.997. The summed E-state index contributed by atoms with van der Waals surface area (Å²) in [7, 11) is 0. The van der Waals surface area contributed by atoms with Gasteiger partial charge in [-0.3, -0.25) is 9.59 Å². The topological polar surface area (TPSA) is 68.3 Å². The van der Waals surface area contributed by atoms with Crippen molar-refractivity contribution in [3.63, 3.8) is 0 Å². The first-order valence-corrected chi connectivity index (χ1v) is 10.1. The molecule has 0 spiro atoms. The summed E-state index contributed by atoms with van der Waals surface area (Å²) in [5.41, 5.74) is 2.67. The maximum atomic E-state index is 12.8. The molecule has 0 unspecified atom stereocenters. The van der Waals surface area contributed by atoms with Crippen LogP contribution in [-0.2, 0) is 11.3 Å².